The van der Waals surface area contributed by atoms with E-state index in [1.165, 1.54) is 6.92 Å². The average molecular weight is 110 g/mol. The summed E-state index contributed by atoms with van der Waals surface area (Å²) < 4.78 is 32.9. The first-order valence-corrected chi connectivity index (χ1v) is 1.77. The summed E-state index contributed by atoms with van der Waals surface area (Å²) in [6, 6.07) is 0. The monoisotopic (exact) mass is 110 g/mol. The molecular weight excluding hydrogens is 105 g/mol. The Morgan fingerprint density at radius 2 is 1.71 bits per heavy atom. The Labute approximate surface area is 39.6 Å². The zero-order valence-corrected chi connectivity index (χ0v) is 3.79. The fourth-order valence-electron chi connectivity index (χ4n) is 0.189. The molecule has 0 spiro atoms. The molecule has 0 N–H and O–H groups in total. The smallest absolute Gasteiger partial charge is 0.167 e. The first-order valence-electron chi connectivity index (χ1n) is 1.77. The molecule has 3 heteroatoms. The molecule has 0 saturated carbocycles. The second-order valence-corrected chi connectivity index (χ2v) is 1.04. The lowest BCUT2D eigenvalue weighted by molar-refractivity contribution is -0.0799. The normalized spacial score (nSPS) is 13.1. The Morgan fingerprint density at radius 1 is 1.29 bits per heavy atom. The van der Waals surface area contributed by atoms with E-state index >= 15 is 0 Å². The fraction of sp³-hybridized carbons (Fsp3) is 0.500. The van der Waals surface area contributed by atoms with Crippen molar-refractivity contribution in [1.82, 2.24) is 0 Å². The third kappa shape index (κ3) is 5.53. The van der Waals surface area contributed by atoms with Gasteiger partial charge in [0.2, 0.25) is 0 Å². The van der Waals surface area contributed by atoms with E-state index in [0.29, 0.717) is 0 Å². The lowest BCUT2D eigenvalue weighted by atomic mass is 10.5. The Bertz CT molecular complexity index is 69.5. The van der Waals surface area contributed by atoms with Gasteiger partial charge in [0.05, 0.1) is 0 Å². The van der Waals surface area contributed by atoms with Crippen LogP contribution in [0.25, 0.3) is 0 Å². The molecule has 0 nitrogen and oxygen atoms in total. The Balaban J connectivity index is 3.56. The summed E-state index contributed by atoms with van der Waals surface area (Å²) in [6.07, 6.45) is -2.98. The molecule has 0 aliphatic heterocycles. The van der Waals surface area contributed by atoms with Gasteiger partial charge in [0.15, 0.2) is 0 Å². The van der Waals surface area contributed by atoms with Crippen molar-refractivity contribution >= 4 is 0 Å². The van der Waals surface area contributed by atoms with Gasteiger partial charge in [-0.05, 0) is 6.92 Å². The largest absolute Gasteiger partial charge is 0.409 e. The molecule has 0 aliphatic rings. The quantitative estimate of drug-likeness (QED) is 0.419. The van der Waals surface area contributed by atoms with Crippen molar-refractivity contribution in [3.8, 4) is 0 Å². The van der Waals surface area contributed by atoms with Crippen LogP contribution in [0, 0.1) is 0 Å². The van der Waals surface area contributed by atoms with E-state index in [4.69, 9.17) is 0 Å². The zero-order valence-electron chi connectivity index (χ0n) is 3.79. The predicted molar refractivity (Wildman–Crippen MR) is 20.9 cm³/mol. The lowest BCUT2D eigenvalue weighted by Crippen LogP contribution is -1.99. The Hall–Kier alpha value is -0.470. The van der Waals surface area contributed by atoms with Crippen LogP contribution in [0.15, 0.2) is 12.2 Å². The lowest BCUT2D eigenvalue weighted by Gasteiger charge is -1.93. The summed E-state index contributed by atoms with van der Waals surface area (Å²) >= 11 is 0. The van der Waals surface area contributed by atoms with E-state index in [1.54, 1.807) is 0 Å². The van der Waals surface area contributed by atoms with E-state index in [1.807, 2.05) is 0 Å². The van der Waals surface area contributed by atoms with Gasteiger partial charge < -0.3 is 0 Å². The van der Waals surface area contributed by atoms with E-state index in [0.717, 1.165) is 6.08 Å². The van der Waals surface area contributed by atoms with Crippen molar-refractivity contribution < 1.29 is 13.2 Å². The molecule has 0 aromatic heterocycles. The standard InChI is InChI=1S/C4H5F3/c1-2-3-4(5,6)7/h2-3H,1H3/b3-2+. The van der Waals surface area contributed by atoms with Crippen molar-refractivity contribution in [3.63, 3.8) is 0 Å². The van der Waals surface area contributed by atoms with E-state index in [2.05, 4.69) is 0 Å². The van der Waals surface area contributed by atoms with Crippen molar-refractivity contribution in [1.29, 1.82) is 0 Å². The Morgan fingerprint density at radius 3 is 1.71 bits per heavy atom. The van der Waals surface area contributed by atoms with Gasteiger partial charge in [0, 0.05) is 6.08 Å². The molecule has 0 saturated heterocycles. The first-order chi connectivity index (χ1) is 3.06. The molecule has 0 aromatic rings. The van der Waals surface area contributed by atoms with Gasteiger partial charge in [0.25, 0.3) is 0 Å². The Kier molecular flexibility index (Phi) is 1.87. The SMILES string of the molecule is C/C=C/C(F)(F)F. The summed E-state index contributed by atoms with van der Waals surface area (Å²) in [4.78, 5) is 0. The molecule has 0 heterocycles. The summed E-state index contributed by atoms with van der Waals surface area (Å²) in [7, 11) is 0. The highest BCUT2D eigenvalue weighted by atomic mass is 19.4. The minimum Gasteiger partial charge on any atom is -0.167 e. The van der Waals surface area contributed by atoms with Gasteiger partial charge in [-0.15, -0.1) is 0 Å². The molecule has 7 heavy (non-hydrogen) atoms. The van der Waals surface area contributed by atoms with Crippen LogP contribution in [0.2, 0.25) is 0 Å². The molecule has 0 unspecified atom stereocenters. The van der Waals surface area contributed by atoms with Gasteiger partial charge in [-0.2, -0.15) is 13.2 Å². The van der Waals surface area contributed by atoms with Gasteiger partial charge >= 0.3 is 6.18 Å². The van der Waals surface area contributed by atoms with Gasteiger partial charge in [0.1, 0.15) is 0 Å². The number of rotatable bonds is 0. The van der Waals surface area contributed by atoms with E-state index in [9.17, 15) is 13.2 Å². The summed E-state index contributed by atoms with van der Waals surface area (Å²) in [5.74, 6) is 0. The van der Waals surface area contributed by atoms with Gasteiger partial charge in [-0.1, -0.05) is 6.08 Å². The van der Waals surface area contributed by atoms with Gasteiger partial charge in [-0.25, -0.2) is 0 Å². The molecule has 42 valence electrons. The van der Waals surface area contributed by atoms with Crippen molar-refractivity contribution in [2.75, 3.05) is 0 Å². The highest BCUT2D eigenvalue weighted by Crippen LogP contribution is 2.15. The molecule has 0 amide bonds. The van der Waals surface area contributed by atoms with Crippen LogP contribution in [0.3, 0.4) is 0 Å². The zero-order chi connectivity index (χ0) is 5.91. The third-order valence-corrected chi connectivity index (χ3v) is 0.356. The van der Waals surface area contributed by atoms with Crippen LogP contribution in [-0.2, 0) is 0 Å². The minimum absolute atomic E-state index is 0.188. The number of hydrogen-bond donors (Lipinski definition) is 0. The highest BCUT2D eigenvalue weighted by molar-refractivity contribution is 4.84. The fourth-order valence-corrected chi connectivity index (χ4v) is 0.189. The molecule has 0 fully saturated rings. The second-order valence-electron chi connectivity index (χ2n) is 1.04. The first kappa shape index (κ1) is 6.53. The molecule has 0 aromatic carbocycles. The molecule has 0 bridgehead atoms. The maximum Gasteiger partial charge on any atom is 0.409 e. The summed E-state index contributed by atoms with van der Waals surface area (Å²) in [5, 5.41) is 0. The average Bonchev–Trinajstić information content (AvgIpc) is 1.30. The highest BCUT2D eigenvalue weighted by Gasteiger charge is 2.20. The number of hydrogen-bond acceptors (Lipinski definition) is 0. The second kappa shape index (κ2) is 2.00. The molecule has 0 rings (SSSR count). The predicted octanol–water partition coefficient (Wildman–Crippen LogP) is 2.12. The number of alkyl halides is 3. The van der Waals surface area contributed by atoms with Crippen molar-refractivity contribution in [2.45, 2.75) is 13.1 Å². The maximum atomic E-state index is 11.0. The topological polar surface area (TPSA) is 0 Å². The van der Waals surface area contributed by atoms with Crippen LogP contribution in [-0.4, -0.2) is 6.18 Å². The third-order valence-electron chi connectivity index (χ3n) is 0.356. The van der Waals surface area contributed by atoms with Crippen LogP contribution in [0.1, 0.15) is 6.92 Å². The van der Waals surface area contributed by atoms with Crippen molar-refractivity contribution in [2.24, 2.45) is 0 Å². The molecule has 0 radical (unpaired) electrons. The van der Waals surface area contributed by atoms with Crippen LogP contribution in [0.5, 0.6) is 0 Å². The van der Waals surface area contributed by atoms with E-state index < -0.39 is 6.18 Å². The number of halogens is 3. The molecular formula is C4H5F3. The van der Waals surface area contributed by atoms with Gasteiger partial charge in [-0.3, -0.25) is 0 Å². The maximum absolute atomic E-state index is 11.0. The van der Waals surface area contributed by atoms with Crippen LogP contribution >= 0.6 is 0 Å². The summed E-state index contributed by atoms with van der Waals surface area (Å²) in [6.45, 7) is 1.33. The van der Waals surface area contributed by atoms with Crippen LogP contribution < -0.4 is 0 Å². The summed E-state index contributed by atoms with van der Waals surface area (Å²) in [5.41, 5.74) is 0. The minimum atomic E-state index is -4.13. The molecule has 0 aliphatic carbocycles. The number of allylic oxidation sites excluding steroid dienone is 2. The van der Waals surface area contributed by atoms with Crippen molar-refractivity contribution in [3.05, 3.63) is 12.2 Å². The van der Waals surface area contributed by atoms with Crippen LogP contribution in [0.4, 0.5) is 13.2 Å². The van der Waals surface area contributed by atoms with E-state index in [-0.39, 0.29) is 6.08 Å². The molecule has 0 atom stereocenters.